The van der Waals surface area contributed by atoms with Crippen molar-refractivity contribution in [2.75, 3.05) is 27.2 Å². The Hall–Kier alpha value is -3.51. The topological polar surface area (TPSA) is 63.8 Å². The van der Waals surface area contributed by atoms with E-state index in [-0.39, 0.29) is 11.5 Å². The van der Waals surface area contributed by atoms with Crippen LogP contribution in [0.2, 0.25) is 0 Å². The number of Topliss-reactive ketones (excluding diaryl/α,β-unsaturated/α-hetero) is 1. The number of quaternary nitrogens is 1. The van der Waals surface area contributed by atoms with E-state index in [2.05, 4.69) is 0 Å². The third kappa shape index (κ3) is 5.77. The molecule has 160 valence electrons. The molecule has 0 unspecified atom stereocenters. The number of hydrogen-bond acceptors (Lipinski definition) is 3. The van der Waals surface area contributed by atoms with Crippen molar-refractivity contribution in [3.8, 4) is 0 Å². The molecule has 0 aliphatic heterocycles. The number of hydrogen-bond donors (Lipinski definition) is 1. The third-order valence-electron chi connectivity index (χ3n) is 5.08. The Labute approximate surface area is 182 Å². The molecule has 3 rings (SSSR count). The van der Waals surface area contributed by atoms with Gasteiger partial charge in [0.25, 0.3) is 11.5 Å². The molecule has 0 aliphatic carbocycles. The van der Waals surface area contributed by atoms with E-state index in [0.717, 1.165) is 5.56 Å². The summed E-state index contributed by atoms with van der Waals surface area (Å²) in [5, 5.41) is 0. The van der Waals surface area contributed by atoms with Crippen LogP contribution in [0.5, 0.6) is 0 Å². The van der Waals surface area contributed by atoms with E-state index in [1.54, 1.807) is 41.3 Å². The van der Waals surface area contributed by atoms with Crippen molar-refractivity contribution in [1.29, 1.82) is 0 Å². The molecule has 0 spiro atoms. The Kier molecular flexibility index (Phi) is 7.51. The third-order valence-corrected chi connectivity index (χ3v) is 5.08. The summed E-state index contributed by atoms with van der Waals surface area (Å²) in [6.45, 7) is 1.55. The first-order valence-corrected chi connectivity index (χ1v) is 10.4. The summed E-state index contributed by atoms with van der Waals surface area (Å²) >= 11 is 0. The lowest BCUT2D eigenvalue weighted by molar-refractivity contribution is -0.857. The molecule has 1 atom stereocenters. The molecule has 0 saturated heterocycles. The zero-order valence-electron chi connectivity index (χ0n) is 17.9. The maximum atomic E-state index is 13.8. The quantitative estimate of drug-likeness (QED) is 0.423. The standard InChI is InChI=1S/C25H27N3O3/c1-26(2)17-18-27(19-20-11-5-3-6-12-20)25(31)23(28-16-10-9-15-22(28)29)24(30)21-13-7-4-8-14-21/h3-16,23H,17-19H2,1-2H3/p+1/t23-/m1/s1. The van der Waals surface area contributed by atoms with Gasteiger partial charge in [0.05, 0.1) is 27.2 Å². The number of amides is 1. The summed E-state index contributed by atoms with van der Waals surface area (Å²) in [4.78, 5) is 42.6. The van der Waals surface area contributed by atoms with Crippen LogP contribution in [0, 0.1) is 0 Å². The van der Waals surface area contributed by atoms with Crippen LogP contribution in [0.15, 0.2) is 89.9 Å². The van der Waals surface area contributed by atoms with Gasteiger partial charge >= 0.3 is 0 Å². The number of likely N-dealkylation sites (N-methyl/N-ethyl adjacent to an activating group) is 1. The second kappa shape index (κ2) is 10.5. The number of pyridine rings is 1. The zero-order valence-corrected chi connectivity index (χ0v) is 17.9. The average Bonchev–Trinajstić information content (AvgIpc) is 2.79. The Morgan fingerprint density at radius 1 is 0.903 bits per heavy atom. The molecule has 1 N–H and O–H groups in total. The largest absolute Gasteiger partial charge is 0.338 e. The average molecular weight is 419 g/mol. The fourth-order valence-corrected chi connectivity index (χ4v) is 3.37. The molecular weight excluding hydrogens is 390 g/mol. The van der Waals surface area contributed by atoms with E-state index < -0.39 is 11.8 Å². The van der Waals surface area contributed by atoms with Crippen LogP contribution in [0.25, 0.3) is 0 Å². The lowest BCUT2D eigenvalue weighted by atomic mass is 10.0. The fourth-order valence-electron chi connectivity index (χ4n) is 3.37. The maximum Gasteiger partial charge on any atom is 0.254 e. The van der Waals surface area contributed by atoms with Gasteiger partial charge in [-0.2, -0.15) is 0 Å². The summed E-state index contributed by atoms with van der Waals surface area (Å²) in [5.41, 5.74) is 0.980. The highest BCUT2D eigenvalue weighted by Gasteiger charge is 2.33. The first-order valence-electron chi connectivity index (χ1n) is 10.4. The lowest BCUT2D eigenvalue weighted by Gasteiger charge is -2.28. The Morgan fingerprint density at radius 3 is 2.13 bits per heavy atom. The van der Waals surface area contributed by atoms with Crippen molar-refractivity contribution in [1.82, 2.24) is 9.47 Å². The van der Waals surface area contributed by atoms with E-state index in [1.165, 1.54) is 21.7 Å². The molecule has 0 radical (unpaired) electrons. The second-order valence-corrected chi connectivity index (χ2v) is 7.78. The molecule has 0 aliphatic rings. The molecule has 6 heteroatoms. The van der Waals surface area contributed by atoms with Gasteiger partial charge in [0.15, 0.2) is 11.8 Å². The molecule has 0 bridgehead atoms. The molecule has 6 nitrogen and oxygen atoms in total. The van der Waals surface area contributed by atoms with E-state index in [4.69, 9.17) is 0 Å². The highest BCUT2D eigenvalue weighted by atomic mass is 16.2. The summed E-state index contributed by atoms with van der Waals surface area (Å²) in [5.74, 6) is -0.776. The number of carbonyl (C=O) groups is 2. The van der Waals surface area contributed by atoms with Gasteiger partial charge in [0, 0.05) is 24.4 Å². The Balaban J connectivity index is 2.01. The molecular formula is C25H28N3O3+. The number of ketones is 1. The molecule has 1 amide bonds. The van der Waals surface area contributed by atoms with Gasteiger partial charge in [0.2, 0.25) is 0 Å². The van der Waals surface area contributed by atoms with E-state index in [0.29, 0.717) is 25.2 Å². The van der Waals surface area contributed by atoms with Crippen molar-refractivity contribution in [2.24, 2.45) is 0 Å². The second-order valence-electron chi connectivity index (χ2n) is 7.78. The minimum atomic E-state index is -1.25. The van der Waals surface area contributed by atoms with Crippen molar-refractivity contribution in [3.63, 3.8) is 0 Å². The molecule has 1 heterocycles. The monoisotopic (exact) mass is 418 g/mol. The number of nitrogens with one attached hydrogen (secondary N) is 1. The zero-order chi connectivity index (χ0) is 22.2. The number of rotatable bonds is 9. The van der Waals surface area contributed by atoms with Crippen molar-refractivity contribution in [2.45, 2.75) is 12.6 Å². The van der Waals surface area contributed by atoms with Crippen LogP contribution in [0.3, 0.4) is 0 Å². The minimum absolute atomic E-state index is 0.368. The summed E-state index contributed by atoms with van der Waals surface area (Å²) in [6.07, 6.45) is 1.50. The van der Waals surface area contributed by atoms with Crippen LogP contribution in [0.1, 0.15) is 22.0 Å². The van der Waals surface area contributed by atoms with Crippen molar-refractivity contribution >= 4 is 11.7 Å². The van der Waals surface area contributed by atoms with Crippen molar-refractivity contribution < 1.29 is 14.5 Å². The van der Waals surface area contributed by atoms with Crippen LogP contribution >= 0.6 is 0 Å². The van der Waals surface area contributed by atoms with Crippen LogP contribution < -0.4 is 10.5 Å². The molecule has 3 aromatic rings. The van der Waals surface area contributed by atoms with Gasteiger partial charge in [-0.1, -0.05) is 66.7 Å². The first-order chi connectivity index (χ1) is 15.0. The van der Waals surface area contributed by atoms with Crippen LogP contribution in [-0.4, -0.2) is 48.3 Å². The Morgan fingerprint density at radius 2 is 1.52 bits per heavy atom. The van der Waals surface area contributed by atoms with Gasteiger partial charge in [-0.15, -0.1) is 0 Å². The highest BCUT2D eigenvalue weighted by molar-refractivity contribution is 6.11. The summed E-state index contributed by atoms with van der Waals surface area (Å²) in [7, 11) is 4.03. The summed E-state index contributed by atoms with van der Waals surface area (Å²) < 4.78 is 1.23. The Bertz CT molecular complexity index is 1060. The van der Waals surface area contributed by atoms with Gasteiger partial charge < -0.3 is 9.80 Å². The minimum Gasteiger partial charge on any atom is -0.338 e. The normalized spacial score (nSPS) is 11.8. The van der Waals surface area contributed by atoms with Gasteiger partial charge in [-0.25, -0.2) is 0 Å². The van der Waals surface area contributed by atoms with Crippen LogP contribution in [0.4, 0.5) is 0 Å². The van der Waals surface area contributed by atoms with E-state index in [9.17, 15) is 14.4 Å². The lowest BCUT2D eigenvalue weighted by Crippen LogP contribution is -3.06. The maximum absolute atomic E-state index is 13.8. The number of nitrogens with zero attached hydrogens (tertiary/aromatic N) is 2. The van der Waals surface area contributed by atoms with Gasteiger partial charge in [0.1, 0.15) is 0 Å². The predicted molar refractivity (Wildman–Crippen MR) is 120 cm³/mol. The molecule has 0 saturated carbocycles. The molecule has 2 aromatic carbocycles. The molecule has 1 aromatic heterocycles. The van der Waals surface area contributed by atoms with Crippen LogP contribution in [-0.2, 0) is 11.3 Å². The summed E-state index contributed by atoms with van der Waals surface area (Å²) in [6, 6.07) is 21.7. The van der Waals surface area contributed by atoms with Crippen molar-refractivity contribution in [3.05, 3.63) is 107 Å². The van der Waals surface area contributed by atoms with E-state index >= 15 is 0 Å². The highest BCUT2D eigenvalue weighted by Crippen LogP contribution is 2.18. The number of carbonyl (C=O) groups excluding carboxylic acids is 2. The first kappa shape index (κ1) is 22.2. The number of benzene rings is 2. The fraction of sp³-hybridized carbons (Fsp3) is 0.240. The number of aromatic nitrogens is 1. The molecule has 31 heavy (non-hydrogen) atoms. The van der Waals surface area contributed by atoms with Gasteiger partial charge in [-0.3, -0.25) is 19.0 Å². The smallest absolute Gasteiger partial charge is 0.254 e. The van der Waals surface area contributed by atoms with E-state index in [1.807, 2.05) is 50.5 Å². The van der Waals surface area contributed by atoms with Gasteiger partial charge in [-0.05, 0) is 11.6 Å². The molecule has 0 fully saturated rings. The predicted octanol–water partition coefficient (Wildman–Crippen LogP) is 1.45. The SMILES string of the molecule is C[NH+](C)CCN(Cc1ccccc1)C(=O)[C@@H](C(=O)c1ccccc1)n1ccccc1=O.